The molecule has 0 aromatic carbocycles. The van der Waals surface area contributed by atoms with Gasteiger partial charge in [0, 0.05) is 6.54 Å². The fourth-order valence-electron chi connectivity index (χ4n) is 3.44. The second kappa shape index (κ2) is 10.6. The first-order valence-corrected chi connectivity index (χ1v) is 9.01. The molecule has 0 atom stereocenters. The highest BCUT2D eigenvalue weighted by atomic mass is 15.1. The summed E-state index contributed by atoms with van der Waals surface area (Å²) < 4.78 is 0. The highest BCUT2D eigenvalue weighted by Gasteiger charge is 2.13. The number of rotatable bonds is 4. The summed E-state index contributed by atoms with van der Waals surface area (Å²) >= 11 is 0. The maximum atomic E-state index is 3.39. The first-order valence-electron chi connectivity index (χ1n) is 9.01. The minimum atomic E-state index is 0.845. The molecular formula is C18H38N2. The first kappa shape index (κ1) is 18.0. The Morgan fingerprint density at radius 3 is 2.00 bits per heavy atom. The van der Waals surface area contributed by atoms with E-state index in [-0.39, 0.29) is 0 Å². The van der Waals surface area contributed by atoms with E-state index in [1.807, 2.05) is 0 Å². The summed E-state index contributed by atoms with van der Waals surface area (Å²) in [6.07, 6.45) is 8.53. The fraction of sp³-hybridized carbons (Fsp3) is 1.00. The molecule has 1 N–H and O–H groups in total. The lowest BCUT2D eigenvalue weighted by Crippen LogP contribution is -2.32. The molecule has 2 heteroatoms. The quantitative estimate of drug-likeness (QED) is 0.833. The van der Waals surface area contributed by atoms with Gasteiger partial charge < -0.3 is 10.2 Å². The van der Waals surface area contributed by atoms with Crippen LogP contribution < -0.4 is 5.32 Å². The van der Waals surface area contributed by atoms with Gasteiger partial charge in [-0.25, -0.2) is 0 Å². The van der Waals surface area contributed by atoms with Crippen molar-refractivity contribution in [3.8, 4) is 0 Å². The number of hydrogen-bond acceptors (Lipinski definition) is 2. The van der Waals surface area contributed by atoms with Crippen LogP contribution in [0.5, 0.6) is 0 Å². The van der Waals surface area contributed by atoms with Gasteiger partial charge in [-0.05, 0) is 76.0 Å². The highest BCUT2D eigenvalue weighted by molar-refractivity contribution is 4.69. The van der Waals surface area contributed by atoms with Crippen LogP contribution in [0.4, 0.5) is 0 Å². The van der Waals surface area contributed by atoms with Crippen molar-refractivity contribution in [1.29, 1.82) is 0 Å². The summed E-state index contributed by atoms with van der Waals surface area (Å²) in [7, 11) is 0. The zero-order valence-corrected chi connectivity index (χ0v) is 14.5. The van der Waals surface area contributed by atoms with Gasteiger partial charge in [0.25, 0.3) is 0 Å². The van der Waals surface area contributed by atoms with Crippen LogP contribution >= 0.6 is 0 Å². The van der Waals surface area contributed by atoms with E-state index in [1.54, 1.807) is 0 Å². The Hall–Kier alpha value is -0.0800. The van der Waals surface area contributed by atoms with E-state index in [4.69, 9.17) is 0 Å². The molecule has 120 valence electrons. The average molecular weight is 283 g/mol. The second-order valence-electron chi connectivity index (χ2n) is 7.58. The molecule has 2 fully saturated rings. The van der Waals surface area contributed by atoms with Crippen LogP contribution in [0, 0.1) is 17.8 Å². The lowest BCUT2D eigenvalue weighted by Gasteiger charge is -2.27. The Morgan fingerprint density at radius 1 is 0.900 bits per heavy atom. The van der Waals surface area contributed by atoms with Crippen molar-refractivity contribution in [1.82, 2.24) is 10.2 Å². The molecule has 0 aromatic rings. The van der Waals surface area contributed by atoms with Crippen LogP contribution in [0.15, 0.2) is 0 Å². The van der Waals surface area contributed by atoms with Crippen LogP contribution in [0.1, 0.15) is 66.2 Å². The Kier molecular flexibility index (Phi) is 9.54. The van der Waals surface area contributed by atoms with Gasteiger partial charge in [-0.1, -0.05) is 34.1 Å². The fourth-order valence-corrected chi connectivity index (χ4v) is 3.44. The lowest BCUT2D eigenvalue weighted by molar-refractivity contribution is 0.206. The van der Waals surface area contributed by atoms with Gasteiger partial charge in [0.15, 0.2) is 0 Å². The Labute approximate surface area is 127 Å². The Balaban J connectivity index is 0.000000200. The smallest absolute Gasteiger partial charge is 0.000438 e. The van der Waals surface area contributed by atoms with Crippen molar-refractivity contribution >= 4 is 0 Å². The maximum absolute atomic E-state index is 3.39. The van der Waals surface area contributed by atoms with Crippen LogP contribution in [-0.4, -0.2) is 37.6 Å². The van der Waals surface area contributed by atoms with Gasteiger partial charge in [0.1, 0.15) is 0 Å². The van der Waals surface area contributed by atoms with E-state index < -0.39 is 0 Å². The van der Waals surface area contributed by atoms with Crippen molar-refractivity contribution < 1.29 is 0 Å². The molecule has 2 saturated heterocycles. The minimum Gasteiger partial charge on any atom is -0.317 e. The standard InChI is InChI=1S/2C9H19N/c1-8(2)7-9-3-5-10-6-4-9;1-9(2)8-10-6-4-3-5-7-10/h8-10H,3-7H2,1-2H3;9H,3-8H2,1-2H3. The lowest BCUT2D eigenvalue weighted by atomic mass is 9.89. The summed E-state index contributed by atoms with van der Waals surface area (Å²) in [5, 5.41) is 3.39. The summed E-state index contributed by atoms with van der Waals surface area (Å²) in [6, 6.07) is 0. The Morgan fingerprint density at radius 2 is 1.50 bits per heavy atom. The van der Waals surface area contributed by atoms with E-state index in [0.717, 1.165) is 17.8 Å². The molecule has 20 heavy (non-hydrogen) atoms. The molecular weight excluding hydrogens is 244 g/mol. The van der Waals surface area contributed by atoms with Crippen molar-refractivity contribution in [2.45, 2.75) is 66.2 Å². The van der Waals surface area contributed by atoms with E-state index in [1.165, 1.54) is 71.2 Å². The predicted octanol–water partition coefficient (Wildman–Crippen LogP) is 4.16. The van der Waals surface area contributed by atoms with Crippen molar-refractivity contribution in [3.63, 3.8) is 0 Å². The molecule has 0 aromatic heterocycles. The van der Waals surface area contributed by atoms with Crippen LogP contribution in [0.25, 0.3) is 0 Å². The van der Waals surface area contributed by atoms with Crippen molar-refractivity contribution in [3.05, 3.63) is 0 Å². The molecule has 0 radical (unpaired) electrons. The zero-order chi connectivity index (χ0) is 14.8. The van der Waals surface area contributed by atoms with Crippen LogP contribution in [0.2, 0.25) is 0 Å². The third kappa shape index (κ3) is 8.97. The van der Waals surface area contributed by atoms with Gasteiger partial charge in [-0.15, -0.1) is 0 Å². The SMILES string of the molecule is CC(C)CC1CCNCC1.CC(C)CN1CCCCC1. The molecule has 0 bridgehead atoms. The normalized spacial score (nSPS) is 21.9. The van der Waals surface area contributed by atoms with Crippen molar-refractivity contribution in [2.24, 2.45) is 17.8 Å². The molecule has 0 saturated carbocycles. The molecule has 2 nitrogen and oxygen atoms in total. The molecule has 2 aliphatic heterocycles. The molecule has 2 heterocycles. The number of nitrogens with zero attached hydrogens (tertiary/aromatic N) is 1. The summed E-state index contributed by atoms with van der Waals surface area (Å²) in [4.78, 5) is 2.59. The van der Waals surface area contributed by atoms with E-state index >= 15 is 0 Å². The molecule has 0 spiro atoms. The number of hydrogen-bond donors (Lipinski definition) is 1. The van der Waals surface area contributed by atoms with Gasteiger partial charge in [0.05, 0.1) is 0 Å². The first-order chi connectivity index (χ1) is 9.58. The highest BCUT2D eigenvalue weighted by Crippen LogP contribution is 2.20. The van der Waals surface area contributed by atoms with Gasteiger partial charge in [0.2, 0.25) is 0 Å². The third-order valence-electron chi connectivity index (χ3n) is 4.34. The van der Waals surface area contributed by atoms with E-state index in [2.05, 4.69) is 37.9 Å². The Bertz CT molecular complexity index is 189. The third-order valence-corrected chi connectivity index (χ3v) is 4.34. The number of piperidine rings is 2. The topological polar surface area (TPSA) is 15.3 Å². The van der Waals surface area contributed by atoms with Gasteiger partial charge in [-0.3, -0.25) is 0 Å². The van der Waals surface area contributed by atoms with Crippen LogP contribution in [-0.2, 0) is 0 Å². The molecule has 2 aliphatic rings. The maximum Gasteiger partial charge on any atom is 0.000438 e. The minimum absolute atomic E-state index is 0.845. The van der Waals surface area contributed by atoms with Gasteiger partial charge >= 0.3 is 0 Å². The molecule has 2 rings (SSSR count). The van der Waals surface area contributed by atoms with E-state index in [0.29, 0.717) is 0 Å². The summed E-state index contributed by atoms with van der Waals surface area (Å²) in [5.41, 5.74) is 0. The number of likely N-dealkylation sites (tertiary alicyclic amines) is 1. The average Bonchev–Trinajstić information content (AvgIpc) is 2.40. The summed E-state index contributed by atoms with van der Waals surface area (Å²) in [6.45, 7) is 15.7. The zero-order valence-electron chi connectivity index (χ0n) is 14.5. The number of nitrogens with one attached hydrogen (secondary N) is 1. The second-order valence-corrected chi connectivity index (χ2v) is 7.58. The monoisotopic (exact) mass is 282 g/mol. The van der Waals surface area contributed by atoms with Crippen LogP contribution in [0.3, 0.4) is 0 Å². The molecule has 0 amide bonds. The molecule has 0 aliphatic carbocycles. The largest absolute Gasteiger partial charge is 0.317 e. The summed E-state index contributed by atoms with van der Waals surface area (Å²) in [5.74, 6) is 2.75. The van der Waals surface area contributed by atoms with Crippen molar-refractivity contribution in [2.75, 3.05) is 32.7 Å². The van der Waals surface area contributed by atoms with E-state index in [9.17, 15) is 0 Å². The predicted molar refractivity (Wildman–Crippen MR) is 90.2 cm³/mol. The molecule has 0 unspecified atom stereocenters. The van der Waals surface area contributed by atoms with Gasteiger partial charge in [-0.2, -0.15) is 0 Å².